The molecule has 0 heterocycles. The number of nitrogen functional groups attached to an aromatic ring is 1. The number of phenols is 1. The van der Waals surface area contributed by atoms with E-state index in [9.17, 15) is 39.5 Å². The van der Waals surface area contributed by atoms with Crippen LogP contribution in [0.15, 0.2) is 12.1 Å². The molecule has 0 unspecified atom stereocenters. The first-order chi connectivity index (χ1) is 9.15. The summed E-state index contributed by atoms with van der Waals surface area (Å²) in [6.45, 7) is 0. The van der Waals surface area contributed by atoms with Gasteiger partial charge in [0.25, 0.3) is 0 Å². The first kappa shape index (κ1) is 17.2. The van der Waals surface area contributed by atoms with E-state index in [-0.39, 0.29) is 12.1 Å². The lowest BCUT2D eigenvalue weighted by molar-refractivity contribution is -0.254. The van der Waals surface area contributed by atoms with Crippen LogP contribution in [0.1, 0.15) is 17.0 Å². The van der Waals surface area contributed by atoms with Crippen molar-refractivity contribution < 1.29 is 44.6 Å². The minimum atomic E-state index is -6.03. The molecule has 0 amide bonds. The Morgan fingerprint density at radius 2 is 1.29 bits per heavy atom. The number of rotatable bonds is 1. The maximum Gasteiger partial charge on any atom is 0.416 e. The van der Waals surface area contributed by atoms with E-state index in [1.54, 1.807) is 0 Å². The van der Waals surface area contributed by atoms with E-state index in [0.29, 0.717) is 0 Å². The van der Waals surface area contributed by atoms with Crippen LogP contribution < -0.4 is 5.73 Å². The Balaban J connectivity index is 3.70. The van der Waals surface area contributed by atoms with Gasteiger partial charge in [0.1, 0.15) is 5.75 Å². The monoisotopic (exact) mass is 327 g/mol. The molecule has 3 N–H and O–H groups in total. The minimum absolute atomic E-state index is 0.171. The second-order valence-electron chi connectivity index (χ2n) is 4.01. The number of nitrogens with two attached hydrogens (primary N) is 1. The van der Waals surface area contributed by atoms with Crippen molar-refractivity contribution in [1.29, 1.82) is 0 Å². The third-order valence-corrected chi connectivity index (χ3v) is 2.47. The molecule has 0 aliphatic heterocycles. The smallest absolute Gasteiger partial charge is 0.416 e. The predicted octanol–water partition coefficient (Wildman–Crippen LogP) is 4.20. The van der Waals surface area contributed by atoms with Gasteiger partial charge in [0.05, 0.1) is 11.3 Å². The molecular formula is C10H6F9NO. The van der Waals surface area contributed by atoms with Crippen molar-refractivity contribution in [3.63, 3.8) is 0 Å². The zero-order valence-electron chi connectivity index (χ0n) is 9.66. The number of alkyl halides is 9. The Morgan fingerprint density at radius 3 is 1.62 bits per heavy atom. The summed E-state index contributed by atoms with van der Waals surface area (Å²) in [6.07, 6.45) is -17.6. The summed E-state index contributed by atoms with van der Waals surface area (Å²) < 4.78 is 113. The maximum atomic E-state index is 12.6. The van der Waals surface area contributed by atoms with Crippen molar-refractivity contribution in [1.82, 2.24) is 0 Å². The molecule has 0 aliphatic rings. The molecule has 0 aliphatic carbocycles. The number of aromatic hydroxyl groups is 1. The summed E-state index contributed by atoms with van der Waals surface area (Å²) in [4.78, 5) is 0. The summed E-state index contributed by atoms with van der Waals surface area (Å²) in [5, 5.41) is 9.04. The molecule has 11 heteroatoms. The maximum absolute atomic E-state index is 12.6. The van der Waals surface area contributed by atoms with Crippen molar-refractivity contribution in [3.05, 3.63) is 23.3 Å². The molecule has 2 nitrogen and oxygen atoms in total. The largest absolute Gasteiger partial charge is 0.506 e. The quantitative estimate of drug-likeness (QED) is 0.461. The number of anilines is 1. The van der Waals surface area contributed by atoms with Gasteiger partial charge in [-0.1, -0.05) is 0 Å². The molecule has 0 aromatic heterocycles. The number of phenolic OH excluding ortho intramolecular Hbond substituents is 1. The standard InChI is InChI=1S/C10H6F9NO/c11-8(12,13)4-2-5(20)6(21)1-3(4)7(9(14,15)16)10(17,18)19/h1-2,7,21H,20H2. The van der Waals surface area contributed by atoms with Gasteiger partial charge >= 0.3 is 18.5 Å². The van der Waals surface area contributed by atoms with Gasteiger partial charge in [-0.2, -0.15) is 39.5 Å². The van der Waals surface area contributed by atoms with E-state index in [4.69, 9.17) is 10.8 Å². The Kier molecular flexibility index (Phi) is 4.01. The highest BCUT2D eigenvalue weighted by Crippen LogP contribution is 2.51. The molecule has 0 spiro atoms. The zero-order chi connectivity index (χ0) is 16.8. The molecule has 1 aromatic rings. The predicted molar refractivity (Wildman–Crippen MR) is 52.4 cm³/mol. The summed E-state index contributed by atoms with van der Waals surface area (Å²) in [7, 11) is 0. The van der Waals surface area contributed by atoms with Crippen molar-refractivity contribution >= 4 is 5.69 Å². The van der Waals surface area contributed by atoms with Crippen LogP contribution in [0.3, 0.4) is 0 Å². The van der Waals surface area contributed by atoms with E-state index < -0.39 is 47.0 Å². The second kappa shape index (κ2) is 4.88. The fraction of sp³-hybridized carbons (Fsp3) is 0.400. The Hall–Kier alpha value is -1.81. The highest BCUT2D eigenvalue weighted by molar-refractivity contribution is 5.58. The van der Waals surface area contributed by atoms with Gasteiger partial charge in [-0.3, -0.25) is 0 Å². The number of hydrogen-bond donors (Lipinski definition) is 2. The SMILES string of the molecule is Nc1cc(C(F)(F)F)c(C(C(F)(F)F)C(F)(F)F)cc1O. The third kappa shape index (κ3) is 3.64. The van der Waals surface area contributed by atoms with Gasteiger partial charge in [-0.15, -0.1) is 0 Å². The Morgan fingerprint density at radius 1 is 0.857 bits per heavy atom. The molecule has 21 heavy (non-hydrogen) atoms. The van der Waals surface area contributed by atoms with E-state index in [2.05, 4.69) is 0 Å². The van der Waals surface area contributed by atoms with Crippen molar-refractivity contribution in [2.75, 3.05) is 5.73 Å². The summed E-state index contributed by atoms with van der Waals surface area (Å²) in [5.74, 6) is -5.70. The van der Waals surface area contributed by atoms with Crippen LogP contribution in [0.5, 0.6) is 5.75 Å². The first-order valence-corrected chi connectivity index (χ1v) is 4.98. The van der Waals surface area contributed by atoms with Crippen LogP contribution in [0.25, 0.3) is 0 Å². The van der Waals surface area contributed by atoms with Crippen molar-refractivity contribution in [2.45, 2.75) is 24.4 Å². The lowest BCUT2D eigenvalue weighted by Gasteiger charge is -2.26. The average Bonchev–Trinajstić information content (AvgIpc) is 2.16. The van der Waals surface area contributed by atoms with Crippen LogP contribution in [-0.4, -0.2) is 17.5 Å². The molecule has 0 saturated carbocycles. The van der Waals surface area contributed by atoms with E-state index >= 15 is 0 Å². The van der Waals surface area contributed by atoms with E-state index in [0.717, 1.165) is 0 Å². The van der Waals surface area contributed by atoms with Gasteiger partial charge in [-0.25, -0.2) is 0 Å². The van der Waals surface area contributed by atoms with Crippen molar-refractivity contribution in [2.24, 2.45) is 0 Å². The minimum Gasteiger partial charge on any atom is -0.506 e. The number of halogens is 9. The topological polar surface area (TPSA) is 46.2 Å². The van der Waals surface area contributed by atoms with Crippen LogP contribution in [0.2, 0.25) is 0 Å². The molecule has 0 atom stereocenters. The molecule has 1 rings (SSSR count). The fourth-order valence-electron chi connectivity index (χ4n) is 1.64. The highest BCUT2D eigenvalue weighted by Gasteiger charge is 2.59. The van der Waals surface area contributed by atoms with Crippen LogP contribution in [-0.2, 0) is 6.18 Å². The van der Waals surface area contributed by atoms with Crippen LogP contribution >= 0.6 is 0 Å². The Bertz CT molecular complexity index is 515. The lowest BCUT2D eigenvalue weighted by Crippen LogP contribution is -2.35. The third-order valence-electron chi connectivity index (χ3n) is 2.47. The van der Waals surface area contributed by atoms with Crippen LogP contribution in [0.4, 0.5) is 45.2 Å². The Labute approximate surface area is 111 Å². The highest BCUT2D eigenvalue weighted by atomic mass is 19.4. The van der Waals surface area contributed by atoms with Crippen LogP contribution in [0, 0.1) is 0 Å². The summed E-state index contributed by atoms with van der Waals surface area (Å²) in [5.41, 5.74) is -0.468. The normalized spacial score (nSPS) is 13.8. The summed E-state index contributed by atoms with van der Waals surface area (Å²) in [6, 6.07) is -0.445. The molecule has 0 radical (unpaired) electrons. The number of hydrogen-bond acceptors (Lipinski definition) is 2. The van der Waals surface area contributed by atoms with Crippen molar-refractivity contribution in [3.8, 4) is 5.75 Å². The van der Waals surface area contributed by atoms with Gasteiger partial charge in [0.2, 0.25) is 0 Å². The second-order valence-corrected chi connectivity index (χ2v) is 4.01. The fourth-order valence-corrected chi connectivity index (χ4v) is 1.64. The molecule has 0 bridgehead atoms. The molecule has 1 aromatic carbocycles. The summed E-state index contributed by atoms with van der Waals surface area (Å²) >= 11 is 0. The van der Waals surface area contributed by atoms with Gasteiger partial charge < -0.3 is 10.8 Å². The zero-order valence-corrected chi connectivity index (χ0v) is 9.66. The van der Waals surface area contributed by atoms with Gasteiger partial charge in [0.15, 0.2) is 5.92 Å². The first-order valence-electron chi connectivity index (χ1n) is 4.98. The lowest BCUT2D eigenvalue weighted by atomic mass is 9.91. The molecule has 0 saturated heterocycles. The number of benzene rings is 1. The molecular weight excluding hydrogens is 321 g/mol. The van der Waals surface area contributed by atoms with Gasteiger partial charge in [0, 0.05) is 0 Å². The van der Waals surface area contributed by atoms with E-state index in [1.807, 2.05) is 0 Å². The van der Waals surface area contributed by atoms with E-state index in [1.165, 1.54) is 0 Å². The average molecular weight is 327 g/mol. The van der Waals surface area contributed by atoms with Gasteiger partial charge in [-0.05, 0) is 17.7 Å². The molecule has 0 fully saturated rings. The molecule has 120 valence electrons.